The van der Waals surface area contributed by atoms with Gasteiger partial charge in [0.1, 0.15) is 0 Å². The van der Waals surface area contributed by atoms with Crippen LogP contribution in [0.25, 0.3) is 10.2 Å². The quantitative estimate of drug-likeness (QED) is 0.750. The van der Waals surface area contributed by atoms with Crippen LogP contribution in [0, 0.1) is 12.8 Å². The number of carbonyl (C=O) groups excluding carboxylic acids is 1. The molecule has 0 aliphatic carbocycles. The maximum atomic E-state index is 12.4. The predicted octanol–water partition coefficient (Wildman–Crippen LogP) is 3.15. The van der Waals surface area contributed by atoms with Crippen molar-refractivity contribution in [3.63, 3.8) is 0 Å². The summed E-state index contributed by atoms with van der Waals surface area (Å²) in [5.41, 5.74) is 2.15. The molecule has 1 fully saturated rings. The van der Waals surface area contributed by atoms with Gasteiger partial charge in [-0.25, -0.2) is 4.98 Å². The van der Waals surface area contributed by atoms with E-state index in [1.165, 1.54) is 16.9 Å². The maximum Gasteiger partial charge on any atom is 0.240 e. The van der Waals surface area contributed by atoms with Gasteiger partial charge in [-0.3, -0.25) is 14.4 Å². The molecule has 6 nitrogen and oxygen atoms in total. The van der Waals surface area contributed by atoms with Crippen LogP contribution in [0.2, 0.25) is 0 Å². The molecular weight excluding hydrogens is 346 g/mol. The van der Waals surface area contributed by atoms with Gasteiger partial charge in [0.15, 0.2) is 5.13 Å². The molecule has 1 aliphatic heterocycles. The van der Waals surface area contributed by atoms with E-state index in [-0.39, 0.29) is 5.91 Å². The van der Waals surface area contributed by atoms with Crippen molar-refractivity contribution in [3.8, 4) is 0 Å². The minimum absolute atomic E-state index is 0.0197. The minimum Gasteiger partial charge on any atom is -0.301 e. The van der Waals surface area contributed by atoms with E-state index in [0.29, 0.717) is 17.6 Å². The summed E-state index contributed by atoms with van der Waals surface area (Å²) < 4.78 is 3.11. The third kappa shape index (κ3) is 4.11. The Morgan fingerprint density at radius 1 is 1.35 bits per heavy atom. The molecule has 4 rings (SSSR count). The molecule has 1 aliphatic rings. The zero-order valence-corrected chi connectivity index (χ0v) is 15.7. The van der Waals surface area contributed by atoms with Crippen molar-refractivity contribution in [2.75, 3.05) is 25.0 Å². The summed E-state index contributed by atoms with van der Waals surface area (Å²) in [5.74, 6) is 0.660. The first-order valence-corrected chi connectivity index (χ1v) is 9.84. The van der Waals surface area contributed by atoms with Crippen LogP contribution in [0.3, 0.4) is 0 Å². The highest BCUT2D eigenvalue weighted by Crippen LogP contribution is 2.26. The zero-order valence-electron chi connectivity index (χ0n) is 14.9. The molecule has 3 heterocycles. The molecule has 1 amide bonds. The lowest BCUT2D eigenvalue weighted by Crippen LogP contribution is -2.40. The van der Waals surface area contributed by atoms with Crippen molar-refractivity contribution >= 4 is 32.6 Å². The standard InChI is InChI=1S/C19H23N5OS/c1-14-3-4-16-17(11-14)26-19(21-16)22-18(25)13-23-9-5-15(6-10-23)12-24-8-2-7-20-24/h2-4,7-8,11,15H,5-6,9-10,12-13H2,1H3,(H,21,22,25). The van der Waals surface area contributed by atoms with E-state index >= 15 is 0 Å². The van der Waals surface area contributed by atoms with Crippen LogP contribution in [-0.2, 0) is 11.3 Å². The Kier molecular flexibility index (Phi) is 4.99. The van der Waals surface area contributed by atoms with Gasteiger partial charge in [0, 0.05) is 18.9 Å². The van der Waals surface area contributed by atoms with Crippen LogP contribution >= 0.6 is 11.3 Å². The fourth-order valence-corrected chi connectivity index (χ4v) is 4.43. The summed E-state index contributed by atoms with van der Waals surface area (Å²) in [6.07, 6.45) is 6.04. The second-order valence-corrected chi connectivity index (χ2v) is 8.02. The molecule has 1 N–H and O–H groups in total. The summed E-state index contributed by atoms with van der Waals surface area (Å²) in [6, 6.07) is 8.11. The molecule has 0 atom stereocenters. The monoisotopic (exact) mass is 369 g/mol. The van der Waals surface area contributed by atoms with Crippen LogP contribution in [0.1, 0.15) is 18.4 Å². The van der Waals surface area contributed by atoms with Gasteiger partial charge in [-0.05, 0) is 62.5 Å². The Hall–Kier alpha value is -2.25. The molecular formula is C19H23N5OS. The van der Waals surface area contributed by atoms with Crippen LogP contribution < -0.4 is 5.32 Å². The van der Waals surface area contributed by atoms with Crippen molar-refractivity contribution in [2.45, 2.75) is 26.3 Å². The zero-order chi connectivity index (χ0) is 17.9. The molecule has 136 valence electrons. The third-order valence-electron chi connectivity index (χ3n) is 4.87. The van der Waals surface area contributed by atoms with E-state index < -0.39 is 0 Å². The summed E-state index contributed by atoms with van der Waals surface area (Å²) >= 11 is 1.53. The molecule has 2 aromatic heterocycles. The van der Waals surface area contributed by atoms with Gasteiger partial charge in [0.25, 0.3) is 0 Å². The molecule has 1 saturated heterocycles. The van der Waals surface area contributed by atoms with Crippen LogP contribution in [0.4, 0.5) is 5.13 Å². The van der Waals surface area contributed by atoms with Gasteiger partial charge in [-0.2, -0.15) is 5.10 Å². The summed E-state index contributed by atoms with van der Waals surface area (Å²) in [4.78, 5) is 19.1. The first-order valence-electron chi connectivity index (χ1n) is 9.02. The normalized spacial score (nSPS) is 16.2. The number of piperidine rings is 1. The van der Waals surface area contributed by atoms with Crippen molar-refractivity contribution in [1.29, 1.82) is 0 Å². The highest BCUT2D eigenvalue weighted by molar-refractivity contribution is 7.22. The second-order valence-electron chi connectivity index (χ2n) is 6.99. The number of thiazole rings is 1. The van der Waals surface area contributed by atoms with E-state index in [1.807, 2.05) is 35.3 Å². The topological polar surface area (TPSA) is 63.1 Å². The molecule has 0 spiro atoms. The maximum absolute atomic E-state index is 12.4. The smallest absolute Gasteiger partial charge is 0.240 e. The largest absolute Gasteiger partial charge is 0.301 e. The van der Waals surface area contributed by atoms with E-state index in [2.05, 4.69) is 33.3 Å². The number of aryl methyl sites for hydroxylation is 1. The minimum atomic E-state index is 0.0197. The average molecular weight is 369 g/mol. The number of anilines is 1. The highest BCUT2D eigenvalue weighted by atomic mass is 32.1. The Morgan fingerprint density at radius 3 is 2.96 bits per heavy atom. The molecule has 0 saturated carbocycles. The number of amides is 1. The number of nitrogens with zero attached hydrogens (tertiary/aromatic N) is 4. The fraction of sp³-hybridized carbons (Fsp3) is 0.421. The number of aromatic nitrogens is 3. The third-order valence-corrected chi connectivity index (χ3v) is 5.80. The Morgan fingerprint density at radius 2 is 2.19 bits per heavy atom. The Labute approximate surface area is 156 Å². The SMILES string of the molecule is Cc1ccc2nc(NC(=O)CN3CCC(Cn4cccn4)CC3)sc2c1. The Bertz CT molecular complexity index is 881. The van der Waals surface area contributed by atoms with Gasteiger partial charge < -0.3 is 5.32 Å². The lowest BCUT2D eigenvalue weighted by atomic mass is 9.97. The van der Waals surface area contributed by atoms with Crippen molar-refractivity contribution in [1.82, 2.24) is 19.7 Å². The molecule has 0 bridgehead atoms. The van der Waals surface area contributed by atoms with Crippen LogP contribution in [0.15, 0.2) is 36.7 Å². The number of hydrogen-bond acceptors (Lipinski definition) is 5. The van der Waals surface area contributed by atoms with Crippen LogP contribution in [-0.4, -0.2) is 45.2 Å². The van der Waals surface area contributed by atoms with E-state index in [4.69, 9.17) is 0 Å². The lowest BCUT2D eigenvalue weighted by Gasteiger charge is -2.31. The number of nitrogens with one attached hydrogen (secondary N) is 1. The van der Waals surface area contributed by atoms with Gasteiger partial charge >= 0.3 is 0 Å². The summed E-state index contributed by atoms with van der Waals surface area (Å²) in [6.45, 7) is 5.38. The average Bonchev–Trinajstić information content (AvgIpc) is 3.25. The predicted molar refractivity (Wildman–Crippen MR) is 104 cm³/mol. The molecule has 26 heavy (non-hydrogen) atoms. The van der Waals surface area contributed by atoms with Gasteiger partial charge in [0.2, 0.25) is 5.91 Å². The first kappa shape index (κ1) is 17.2. The summed E-state index contributed by atoms with van der Waals surface area (Å²) in [7, 11) is 0. The molecule has 0 unspecified atom stereocenters. The van der Waals surface area contributed by atoms with Gasteiger partial charge in [-0.1, -0.05) is 17.4 Å². The molecule has 1 aromatic carbocycles. The fourth-order valence-electron chi connectivity index (χ4n) is 3.45. The lowest BCUT2D eigenvalue weighted by molar-refractivity contribution is -0.117. The highest BCUT2D eigenvalue weighted by Gasteiger charge is 2.21. The first-order chi connectivity index (χ1) is 12.7. The van der Waals surface area contributed by atoms with Crippen LogP contribution in [0.5, 0.6) is 0 Å². The number of benzene rings is 1. The molecule has 3 aromatic rings. The van der Waals surface area contributed by atoms with Crippen molar-refractivity contribution < 1.29 is 4.79 Å². The number of carbonyl (C=O) groups is 1. The van der Waals surface area contributed by atoms with Gasteiger partial charge in [-0.15, -0.1) is 0 Å². The van der Waals surface area contributed by atoms with Crippen molar-refractivity contribution in [2.24, 2.45) is 5.92 Å². The Balaban J connectivity index is 1.27. The molecule has 7 heteroatoms. The molecule has 0 radical (unpaired) electrons. The second kappa shape index (κ2) is 7.55. The number of likely N-dealkylation sites (tertiary alicyclic amines) is 1. The number of hydrogen-bond donors (Lipinski definition) is 1. The van der Waals surface area contributed by atoms with E-state index in [0.717, 1.165) is 42.7 Å². The van der Waals surface area contributed by atoms with Gasteiger partial charge in [0.05, 0.1) is 16.8 Å². The number of fused-ring (bicyclic) bond motifs is 1. The van der Waals surface area contributed by atoms with Crippen molar-refractivity contribution in [3.05, 3.63) is 42.2 Å². The number of rotatable bonds is 5. The van der Waals surface area contributed by atoms with E-state index in [1.54, 1.807) is 0 Å². The summed E-state index contributed by atoms with van der Waals surface area (Å²) in [5, 5.41) is 7.92. The van der Waals surface area contributed by atoms with E-state index in [9.17, 15) is 4.79 Å².